The number of rotatable bonds is 3. The van der Waals surface area contributed by atoms with Crippen molar-refractivity contribution in [1.29, 1.82) is 0 Å². The summed E-state index contributed by atoms with van der Waals surface area (Å²) in [5, 5.41) is 5.71. The Morgan fingerprint density at radius 3 is 2.95 bits per heavy atom. The Labute approximate surface area is 132 Å². The van der Waals surface area contributed by atoms with Crippen molar-refractivity contribution in [3.8, 4) is 0 Å². The normalized spacial score (nSPS) is 19.6. The van der Waals surface area contributed by atoms with E-state index in [0.29, 0.717) is 5.92 Å². The van der Waals surface area contributed by atoms with E-state index in [1.807, 2.05) is 22.7 Å². The molecule has 0 amide bonds. The van der Waals surface area contributed by atoms with E-state index in [9.17, 15) is 0 Å². The maximum atomic E-state index is 5.98. The number of hydrazine groups is 1. The molecule has 3 aromatic rings. The van der Waals surface area contributed by atoms with Crippen LogP contribution in [0.1, 0.15) is 40.8 Å². The van der Waals surface area contributed by atoms with Crippen LogP contribution in [-0.2, 0) is 6.42 Å². The number of hydrogen-bond acceptors (Lipinski definition) is 4. The van der Waals surface area contributed by atoms with Gasteiger partial charge in [0.15, 0.2) is 0 Å². The van der Waals surface area contributed by atoms with Crippen LogP contribution in [0.5, 0.6) is 0 Å². The molecule has 2 unspecified atom stereocenters. The quantitative estimate of drug-likeness (QED) is 0.548. The van der Waals surface area contributed by atoms with Crippen LogP contribution in [0, 0.1) is 0 Å². The zero-order valence-electron chi connectivity index (χ0n) is 11.7. The van der Waals surface area contributed by atoms with Crippen LogP contribution in [0.2, 0.25) is 0 Å². The lowest BCUT2D eigenvalue weighted by atomic mass is 9.80. The minimum Gasteiger partial charge on any atom is -0.271 e. The van der Waals surface area contributed by atoms with Crippen LogP contribution in [-0.4, -0.2) is 0 Å². The molecule has 1 aliphatic carbocycles. The molecule has 0 spiro atoms. The molecule has 0 aliphatic heterocycles. The Bertz CT molecular complexity index is 759. The second-order valence-corrected chi connectivity index (χ2v) is 7.55. The molecule has 4 heteroatoms. The molecule has 2 heterocycles. The summed E-state index contributed by atoms with van der Waals surface area (Å²) >= 11 is 3.70. The first-order valence-electron chi connectivity index (χ1n) is 7.37. The van der Waals surface area contributed by atoms with Crippen molar-refractivity contribution in [2.75, 3.05) is 0 Å². The van der Waals surface area contributed by atoms with E-state index in [1.165, 1.54) is 40.5 Å². The molecule has 3 N–H and O–H groups in total. The number of fused-ring (bicyclic) bond motifs is 2. The summed E-state index contributed by atoms with van der Waals surface area (Å²) in [5.41, 5.74) is 5.96. The summed E-state index contributed by atoms with van der Waals surface area (Å²) < 4.78 is 1.36. The van der Waals surface area contributed by atoms with Gasteiger partial charge in [0.25, 0.3) is 0 Å². The molecule has 2 atom stereocenters. The van der Waals surface area contributed by atoms with Crippen LogP contribution >= 0.6 is 22.7 Å². The van der Waals surface area contributed by atoms with E-state index in [2.05, 4.69) is 46.5 Å². The third-order valence-electron chi connectivity index (χ3n) is 4.52. The highest BCUT2D eigenvalue weighted by atomic mass is 32.1. The molecular weight excluding hydrogens is 296 g/mol. The van der Waals surface area contributed by atoms with E-state index < -0.39 is 0 Å². The summed E-state index contributed by atoms with van der Waals surface area (Å²) in [4.78, 5) is 1.55. The molecule has 0 saturated heterocycles. The minimum absolute atomic E-state index is 0.195. The van der Waals surface area contributed by atoms with E-state index in [1.54, 1.807) is 4.88 Å². The fourth-order valence-electron chi connectivity index (χ4n) is 3.55. The number of thiophene rings is 2. The molecule has 4 rings (SSSR count). The lowest BCUT2D eigenvalue weighted by Gasteiger charge is -2.31. The van der Waals surface area contributed by atoms with Gasteiger partial charge < -0.3 is 0 Å². The standard InChI is InChI=1S/C17H18N2S2/c18-19-16(13-4-2-6-15-12(13)8-10-20-15)14-5-1-3-11-7-9-21-17(11)14/h1,3,5,7-10,13,16,19H,2,4,6,18H2. The lowest BCUT2D eigenvalue weighted by molar-refractivity contribution is 0.413. The lowest BCUT2D eigenvalue weighted by Crippen LogP contribution is -2.33. The van der Waals surface area contributed by atoms with E-state index in [-0.39, 0.29) is 6.04 Å². The number of benzene rings is 1. The Morgan fingerprint density at radius 1 is 1.14 bits per heavy atom. The number of aryl methyl sites for hydroxylation is 1. The van der Waals surface area contributed by atoms with Gasteiger partial charge in [-0.3, -0.25) is 11.3 Å². The summed E-state index contributed by atoms with van der Waals surface area (Å²) in [7, 11) is 0. The van der Waals surface area contributed by atoms with Gasteiger partial charge in [0.1, 0.15) is 0 Å². The maximum Gasteiger partial charge on any atom is 0.0543 e. The van der Waals surface area contributed by atoms with Crippen molar-refractivity contribution in [3.05, 3.63) is 57.1 Å². The first kappa shape index (κ1) is 13.5. The molecule has 21 heavy (non-hydrogen) atoms. The van der Waals surface area contributed by atoms with Gasteiger partial charge >= 0.3 is 0 Å². The highest BCUT2D eigenvalue weighted by molar-refractivity contribution is 7.17. The average Bonchev–Trinajstić information content (AvgIpc) is 3.17. The summed E-state index contributed by atoms with van der Waals surface area (Å²) in [5.74, 6) is 6.46. The van der Waals surface area contributed by atoms with Gasteiger partial charge in [-0.15, -0.1) is 22.7 Å². The van der Waals surface area contributed by atoms with Gasteiger partial charge in [-0.25, -0.2) is 0 Å². The molecule has 108 valence electrons. The van der Waals surface area contributed by atoms with Gasteiger partial charge in [-0.2, -0.15) is 0 Å². The summed E-state index contributed by atoms with van der Waals surface area (Å²) in [6.45, 7) is 0. The van der Waals surface area contributed by atoms with Gasteiger partial charge in [-0.05, 0) is 58.7 Å². The minimum atomic E-state index is 0.195. The first-order valence-corrected chi connectivity index (χ1v) is 9.13. The Kier molecular flexibility index (Phi) is 3.55. The van der Waals surface area contributed by atoms with Gasteiger partial charge in [-0.1, -0.05) is 18.2 Å². The van der Waals surface area contributed by atoms with Crippen LogP contribution in [0.4, 0.5) is 0 Å². The predicted molar refractivity (Wildman–Crippen MR) is 91.9 cm³/mol. The largest absolute Gasteiger partial charge is 0.271 e. The predicted octanol–water partition coefficient (Wildman–Crippen LogP) is 4.59. The fraction of sp³-hybridized carbons (Fsp3) is 0.294. The topological polar surface area (TPSA) is 38.0 Å². The zero-order chi connectivity index (χ0) is 14.2. The van der Waals surface area contributed by atoms with E-state index >= 15 is 0 Å². The number of nitrogens with two attached hydrogens (primary N) is 1. The molecular formula is C17H18N2S2. The molecule has 0 fully saturated rings. The molecule has 2 aromatic heterocycles. The molecule has 0 radical (unpaired) electrons. The second kappa shape index (κ2) is 5.54. The Hall–Kier alpha value is -1.20. The second-order valence-electron chi connectivity index (χ2n) is 5.63. The van der Waals surface area contributed by atoms with Crippen molar-refractivity contribution in [2.45, 2.75) is 31.2 Å². The van der Waals surface area contributed by atoms with Crippen molar-refractivity contribution >= 4 is 32.8 Å². The van der Waals surface area contributed by atoms with E-state index in [0.717, 1.165) is 0 Å². The van der Waals surface area contributed by atoms with Gasteiger partial charge in [0, 0.05) is 15.5 Å². The van der Waals surface area contributed by atoms with Crippen molar-refractivity contribution in [3.63, 3.8) is 0 Å². The monoisotopic (exact) mass is 314 g/mol. The molecule has 1 aliphatic rings. The zero-order valence-corrected chi connectivity index (χ0v) is 13.3. The van der Waals surface area contributed by atoms with Crippen molar-refractivity contribution < 1.29 is 0 Å². The van der Waals surface area contributed by atoms with Gasteiger partial charge in [0.2, 0.25) is 0 Å². The van der Waals surface area contributed by atoms with Crippen molar-refractivity contribution in [1.82, 2.24) is 5.43 Å². The SMILES string of the molecule is NNC(c1cccc2ccsc12)C1CCCc2sccc21. The molecule has 0 saturated carbocycles. The first-order chi connectivity index (χ1) is 10.4. The Morgan fingerprint density at radius 2 is 2.05 bits per heavy atom. The summed E-state index contributed by atoms with van der Waals surface area (Å²) in [6, 6.07) is 11.2. The Balaban J connectivity index is 1.81. The summed E-state index contributed by atoms with van der Waals surface area (Å²) in [6.07, 6.45) is 3.70. The highest BCUT2D eigenvalue weighted by Gasteiger charge is 2.30. The fourth-order valence-corrected chi connectivity index (χ4v) is 5.50. The third kappa shape index (κ3) is 2.23. The average molecular weight is 314 g/mol. The van der Waals surface area contributed by atoms with Gasteiger partial charge in [0.05, 0.1) is 6.04 Å². The molecule has 1 aromatic carbocycles. The van der Waals surface area contributed by atoms with Crippen LogP contribution in [0.15, 0.2) is 41.1 Å². The van der Waals surface area contributed by atoms with Crippen LogP contribution in [0.3, 0.4) is 0 Å². The molecule has 2 nitrogen and oxygen atoms in total. The maximum absolute atomic E-state index is 5.98. The molecule has 0 bridgehead atoms. The van der Waals surface area contributed by atoms with Crippen LogP contribution in [0.25, 0.3) is 10.1 Å². The van der Waals surface area contributed by atoms with Crippen LogP contribution < -0.4 is 11.3 Å². The van der Waals surface area contributed by atoms with Crippen molar-refractivity contribution in [2.24, 2.45) is 5.84 Å². The number of hydrogen-bond donors (Lipinski definition) is 2. The highest BCUT2D eigenvalue weighted by Crippen LogP contribution is 2.44. The third-order valence-corrected chi connectivity index (χ3v) is 6.50. The number of nitrogens with one attached hydrogen (secondary N) is 1. The smallest absolute Gasteiger partial charge is 0.0543 e. The van der Waals surface area contributed by atoms with E-state index in [4.69, 9.17) is 5.84 Å².